The molecule has 80 valence electrons. The highest BCUT2D eigenvalue weighted by atomic mass is 32.1. The number of rotatable bonds is 4. The van der Waals surface area contributed by atoms with Crippen molar-refractivity contribution in [1.29, 1.82) is 0 Å². The van der Waals surface area contributed by atoms with Gasteiger partial charge in [-0.3, -0.25) is 9.13 Å². The van der Waals surface area contributed by atoms with Crippen LogP contribution in [0.25, 0.3) is 0 Å². The average Bonchev–Trinajstić information content (AvgIpc) is 2.39. The first-order valence-corrected chi connectivity index (χ1v) is 5.34. The Kier molecular flexibility index (Phi) is 3.69. The zero-order chi connectivity index (χ0) is 10.7. The van der Waals surface area contributed by atoms with E-state index < -0.39 is 0 Å². The number of imidazole rings is 1. The van der Waals surface area contributed by atoms with Gasteiger partial charge in [-0.25, -0.2) is 4.79 Å². The SMILES string of the molecule is CCCCn1c(CS)c(O)n(C)c1=O. The first-order chi connectivity index (χ1) is 6.63. The largest absolute Gasteiger partial charge is 0.493 e. The number of hydrogen-bond acceptors (Lipinski definition) is 3. The molecular weight excluding hydrogens is 200 g/mol. The minimum absolute atomic E-state index is 0.0288. The molecule has 0 aliphatic rings. The Morgan fingerprint density at radius 2 is 2.14 bits per heavy atom. The smallest absolute Gasteiger partial charge is 0.331 e. The minimum Gasteiger partial charge on any atom is -0.493 e. The Labute approximate surface area is 88.6 Å². The predicted molar refractivity (Wildman–Crippen MR) is 58.9 cm³/mol. The van der Waals surface area contributed by atoms with Crippen LogP contribution in [0.15, 0.2) is 4.79 Å². The van der Waals surface area contributed by atoms with Crippen LogP contribution in [0.5, 0.6) is 5.88 Å². The summed E-state index contributed by atoms with van der Waals surface area (Å²) in [4.78, 5) is 11.6. The summed E-state index contributed by atoms with van der Waals surface area (Å²) >= 11 is 4.10. The van der Waals surface area contributed by atoms with Crippen molar-refractivity contribution in [3.63, 3.8) is 0 Å². The monoisotopic (exact) mass is 216 g/mol. The molecule has 0 atom stereocenters. The van der Waals surface area contributed by atoms with Gasteiger partial charge in [-0.1, -0.05) is 13.3 Å². The molecule has 0 unspecified atom stereocenters. The van der Waals surface area contributed by atoms with E-state index in [-0.39, 0.29) is 11.6 Å². The number of unbranched alkanes of at least 4 members (excludes halogenated alkanes) is 1. The van der Waals surface area contributed by atoms with Crippen molar-refractivity contribution in [3.05, 3.63) is 16.2 Å². The molecule has 14 heavy (non-hydrogen) atoms. The van der Waals surface area contributed by atoms with Crippen molar-refractivity contribution in [2.45, 2.75) is 32.1 Å². The van der Waals surface area contributed by atoms with Crippen LogP contribution in [0.2, 0.25) is 0 Å². The third-order valence-electron chi connectivity index (χ3n) is 2.30. The zero-order valence-electron chi connectivity index (χ0n) is 8.53. The van der Waals surface area contributed by atoms with Gasteiger partial charge in [-0.2, -0.15) is 12.6 Å². The summed E-state index contributed by atoms with van der Waals surface area (Å²) in [6.07, 6.45) is 1.96. The van der Waals surface area contributed by atoms with E-state index in [4.69, 9.17) is 0 Å². The van der Waals surface area contributed by atoms with Crippen molar-refractivity contribution in [2.75, 3.05) is 0 Å². The van der Waals surface area contributed by atoms with E-state index >= 15 is 0 Å². The summed E-state index contributed by atoms with van der Waals surface area (Å²) in [5.41, 5.74) is 0.439. The van der Waals surface area contributed by atoms with Crippen LogP contribution >= 0.6 is 12.6 Å². The Morgan fingerprint density at radius 3 is 2.64 bits per heavy atom. The minimum atomic E-state index is -0.167. The van der Waals surface area contributed by atoms with E-state index in [1.807, 2.05) is 0 Å². The molecule has 1 heterocycles. The highest BCUT2D eigenvalue weighted by molar-refractivity contribution is 7.79. The van der Waals surface area contributed by atoms with Gasteiger partial charge < -0.3 is 5.11 Å². The summed E-state index contributed by atoms with van der Waals surface area (Å²) in [5, 5.41) is 9.59. The lowest BCUT2D eigenvalue weighted by Gasteiger charge is -2.03. The van der Waals surface area contributed by atoms with Crippen molar-refractivity contribution in [1.82, 2.24) is 9.13 Å². The van der Waals surface area contributed by atoms with Gasteiger partial charge in [0.2, 0.25) is 5.88 Å². The summed E-state index contributed by atoms with van der Waals surface area (Å²) in [7, 11) is 1.56. The molecule has 0 aromatic carbocycles. The quantitative estimate of drug-likeness (QED) is 0.741. The van der Waals surface area contributed by atoms with Gasteiger partial charge >= 0.3 is 5.69 Å². The molecule has 0 radical (unpaired) electrons. The van der Waals surface area contributed by atoms with Crippen LogP contribution in [-0.4, -0.2) is 14.2 Å². The molecule has 0 saturated carbocycles. The molecule has 0 saturated heterocycles. The normalized spacial score (nSPS) is 10.8. The molecule has 0 aliphatic heterocycles. The lowest BCUT2D eigenvalue weighted by molar-refractivity contribution is 0.425. The van der Waals surface area contributed by atoms with E-state index in [2.05, 4.69) is 19.6 Å². The summed E-state index contributed by atoms with van der Waals surface area (Å²) in [5.74, 6) is 0.409. The van der Waals surface area contributed by atoms with Crippen LogP contribution in [0.1, 0.15) is 25.5 Å². The average molecular weight is 216 g/mol. The van der Waals surface area contributed by atoms with Crippen molar-refractivity contribution >= 4 is 12.6 Å². The van der Waals surface area contributed by atoms with E-state index in [9.17, 15) is 9.90 Å². The number of aromatic nitrogens is 2. The number of nitrogens with zero attached hydrogens (tertiary/aromatic N) is 2. The zero-order valence-corrected chi connectivity index (χ0v) is 9.42. The van der Waals surface area contributed by atoms with Gasteiger partial charge in [-0.15, -0.1) is 0 Å². The highest BCUT2D eigenvalue weighted by Crippen LogP contribution is 2.16. The number of hydrogen-bond donors (Lipinski definition) is 2. The molecule has 5 heteroatoms. The second kappa shape index (κ2) is 4.59. The van der Waals surface area contributed by atoms with Gasteiger partial charge in [0.15, 0.2) is 0 Å². The third kappa shape index (κ3) is 1.82. The second-order valence-corrected chi connectivity index (χ2v) is 3.59. The van der Waals surface area contributed by atoms with Crippen molar-refractivity contribution in [2.24, 2.45) is 7.05 Å². The summed E-state index contributed by atoms with van der Waals surface area (Å²) in [6, 6.07) is 0. The fourth-order valence-corrected chi connectivity index (χ4v) is 1.72. The van der Waals surface area contributed by atoms with Crippen LogP contribution in [-0.2, 0) is 19.3 Å². The third-order valence-corrected chi connectivity index (χ3v) is 2.60. The van der Waals surface area contributed by atoms with Gasteiger partial charge in [0.25, 0.3) is 0 Å². The van der Waals surface area contributed by atoms with Gasteiger partial charge in [0.05, 0.1) is 5.69 Å². The first-order valence-electron chi connectivity index (χ1n) is 4.71. The Bertz CT molecular complexity index is 368. The van der Waals surface area contributed by atoms with Gasteiger partial charge in [0, 0.05) is 19.3 Å². The molecule has 1 rings (SSSR count). The standard InChI is InChI=1S/C9H16N2O2S/c1-3-4-5-11-7(6-14)8(12)10(2)9(11)13/h12,14H,3-6H2,1-2H3. The van der Waals surface area contributed by atoms with Crippen molar-refractivity contribution in [3.8, 4) is 5.88 Å². The molecule has 4 nitrogen and oxygen atoms in total. The number of aromatic hydroxyl groups is 1. The van der Waals surface area contributed by atoms with E-state index in [0.717, 1.165) is 12.8 Å². The Morgan fingerprint density at radius 1 is 1.50 bits per heavy atom. The fourth-order valence-electron chi connectivity index (χ4n) is 1.40. The molecule has 0 spiro atoms. The van der Waals surface area contributed by atoms with Gasteiger partial charge in [-0.05, 0) is 6.42 Å². The van der Waals surface area contributed by atoms with Crippen molar-refractivity contribution < 1.29 is 5.11 Å². The van der Waals surface area contributed by atoms with Crippen LogP contribution in [0.4, 0.5) is 0 Å². The molecular formula is C9H16N2O2S. The van der Waals surface area contributed by atoms with E-state index in [0.29, 0.717) is 18.0 Å². The lowest BCUT2D eigenvalue weighted by Crippen LogP contribution is -2.23. The van der Waals surface area contributed by atoms with Gasteiger partial charge in [0.1, 0.15) is 0 Å². The fraction of sp³-hybridized carbons (Fsp3) is 0.667. The Balaban J connectivity index is 3.13. The molecule has 1 aromatic rings. The van der Waals surface area contributed by atoms with Crippen LogP contribution in [0, 0.1) is 0 Å². The molecule has 1 N–H and O–H groups in total. The van der Waals surface area contributed by atoms with Crippen LogP contribution < -0.4 is 5.69 Å². The first kappa shape index (κ1) is 11.2. The van der Waals surface area contributed by atoms with Crippen LogP contribution in [0.3, 0.4) is 0 Å². The molecule has 0 fully saturated rings. The molecule has 0 bridgehead atoms. The summed E-state index contributed by atoms with van der Waals surface area (Å²) < 4.78 is 2.84. The second-order valence-electron chi connectivity index (χ2n) is 3.28. The lowest BCUT2D eigenvalue weighted by atomic mass is 10.3. The predicted octanol–water partition coefficient (Wildman–Crippen LogP) is 1.12. The highest BCUT2D eigenvalue weighted by Gasteiger charge is 2.14. The van der Waals surface area contributed by atoms with E-state index in [1.54, 1.807) is 11.6 Å². The maximum absolute atomic E-state index is 11.6. The molecule has 0 aliphatic carbocycles. The molecule has 0 amide bonds. The van der Waals surface area contributed by atoms with E-state index in [1.165, 1.54) is 4.57 Å². The maximum Gasteiger partial charge on any atom is 0.331 e. The maximum atomic E-state index is 11.6. The topological polar surface area (TPSA) is 47.2 Å². The summed E-state index contributed by atoms with van der Waals surface area (Å²) in [6.45, 7) is 2.72. The Hall–Kier alpha value is -0.840. The number of thiol groups is 1. The molecule has 1 aromatic heterocycles.